The number of hydrogen-bond acceptors (Lipinski definition) is 4. The van der Waals surface area contributed by atoms with E-state index >= 15 is 0 Å². The third-order valence-corrected chi connectivity index (χ3v) is 2.79. The van der Waals surface area contributed by atoms with Crippen LogP contribution in [0.15, 0.2) is 42.5 Å². The zero-order chi connectivity index (χ0) is 14.4. The molecule has 0 saturated carbocycles. The van der Waals surface area contributed by atoms with Gasteiger partial charge in [0.2, 0.25) is 0 Å². The van der Waals surface area contributed by atoms with Crippen LogP contribution >= 0.6 is 0 Å². The molecule has 2 aromatic rings. The van der Waals surface area contributed by atoms with Gasteiger partial charge in [-0.05, 0) is 36.8 Å². The molecule has 4 heteroatoms. The summed E-state index contributed by atoms with van der Waals surface area (Å²) in [6, 6.07) is 13.1. The van der Waals surface area contributed by atoms with Crippen molar-refractivity contribution < 1.29 is 14.2 Å². The maximum Gasteiger partial charge on any atom is 0.161 e. The lowest BCUT2D eigenvalue weighted by Gasteiger charge is -2.12. The van der Waals surface area contributed by atoms with E-state index in [0.29, 0.717) is 24.7 Å². The van der Waals surface area contributed by atoms with Crippen LogP contribution in [-0.4, -0.2) is 20.3 Å². The lowest BCUT2D eigenvalue weighted by atomic mass is 10.2. The van der Waals surface area contributed by atoms with Gasteiger partial charge in [-0.3, -0.25) is 0 Å². The molecule has 4 nitrogen and oxygen atoms in total. The summed E-state index contributed by atoms with van der Waals surface area (Å²) in [7, 11) is 1.63. The molecule has 0 aliphatic carbocycles. The van der Waals surface area contributed by atoms with Gasteiger partial charge >= 0.3 is 0 Å². The second-order valence-electron chi connectivity index (χ2n) is 4.42. The van der Waals surface area contributed by atoms with Crippen LogP contribution in [0.5, 0.6) is 17.2 Å². The number of aryl methyl sites for hydroxylation is 1. The van der Waals surface area contributed by atoms with Crippen LogP contribution in [0.25, 0.3) is 0 Å². The summed E-state index contributed by atoms with van der Waals surface area (Å²) in [5.74, 6) is 2.19. The fraction of sp³-hybridized carbons (Fsp3) is 0.250. The Morgan fingerprint density at radius 2 is 1.75 bits per heavy atom. The summed E-state index contributed by atoms with van der Waals surface area (Å²) in [6.45, 7) is 2.89. The third-order valence-electron chi connectivity index (χ3n) is 2.79. The topological polar surface area (TPSA) is 53.7 Å². The fourth-order valence-electron chi connectivity index (χ4n) is 1.81. The van der Waals surface area contributed by atoms with E-state index in [4.69, 9.17) is 19.9 Å². The molecule has 0 bridgehead atoms. The quantitative estimate of drug-likeness (QED) is 0.649. The average molecular weight is 273 g/mol. The Balaban J connectivity index is 1.84. The first-order chi connectivity index (χ1) is 9.69. The zero-order valence-electron chi connectivity index (χ0n) is 11.8. The summed E-state index contributed by atoms with van der Waals surface area (Å²) in [5.41, 5.74) is 7.49. The fourth-order valence-corrected chi connectivity index (χ4v) is 1.81. The minimum atomic E-state index is 0.439. The molecule has 0 saturated heterocycles. The molecule has 0 radical (unpaired) electrons. The molecule has 0 aliphatic heterocycles. The van der Waals surface area contributed by atoms with Crippen molar-refractivity contribution >= 4 is 5.69 Å². The number of hydrogen-bond donors (Lipinski definition) is 1. The van der Waals surface area contributed by atoms with E-state index in [0.717, 1.165) is 17.1 Å². The Kier molecular flexibility index (Phi) is 4.71. The molecule has 20 heavy (non-hydrogen) atoms. The predicted molar refractivity (Wildman–Crippen MR) is 79.6 cm³/mol. The van der Waals surface area contributed by atoms with E-state index in [2.05, 4.69) is 0 Å². The Morgan fingerprint density at radius 3 is 2.50 bits per heavy atom. The van der Waals surface area contributed by atoms with Crippen LogP contribution in [-0.2, 0) is 0 Å². The first-order valence-corrected chi connectivity index (χ1v) is 6.45. The lowest BCUT2D eigenvalue weighted by molar-refractivity contribution is 0.211. The summed E-state index contributed by atoms with van der Waals surface area (Å²) in [6.07, 6.45) is 0. The Hall–Kier alpha value is -2.36. The van der Waals surface area contributed by atoms with Crippen molar-refractivity contribution in [2.75, 3.05) is 26.1 Å². The van der Waals surface area contributed by atoms with Crippen LogP contribution in [0.4, 0.5) is 5.69 Å². The molecule has 0 heterocycles. The minimum Gasteiger partial charge on any atom is -0.493 e. The van der Waals surface area contributed by atoms with Gasteiger partial charge in [-0.2, -0.15) is 0 Å². The van der Waals surface area contributed by atoms with Crippen molar-refractivity contribution in [3.05, 3.63) is 48.0 Å². The largest absolute Gasteiger partial charge is 0.493 e. The van der Waals surface area contributed by atoms with Gasteiger partial charge in [0.05, 0.1) is 7.11 Å². The first kappa shape index (κ1) is 14.1. The Morgan fingerprint density at radius 1 is 0.950 bits per heavy atom. The van der Waals surface area contributed by atoms with Gasteiger partial charge in [0.1, 0.15) is 19.0 Å². The normalized spacial score (nSPS) is 10.1. The molecule has 0 aromatic heterocycles. The highest BCUT2D eigenvalue weighted by Gasteiger charge is 2.04. The van der Waals surface area contributed by atoms with Gasteiger partial charge < -0.3 is 19.9 Å². The Labute approximate surface area is 119 Å². The number of benzene rings is 2. The number of ether oxygens (including phenoxy) is 3. The van der Waals surface area contributed by atoms with Gasteiger partial charge in [-0.15, -0.1) is 0 Å². The number of nitrogen functional groups attached to an aromatic ring is 1. The number of methoxy groups -OCH3 is 1. The van der Waals surface area contributed by atoms with E-state index in [1.807, 2.05) is 43.3 Å². The van der Waals surface area contributed by atoms with E-state index < -0.39 is 0 Å². The van der Waals surface area contributed by atoms with Gasteiger partial charge in [-0.1, -0.05) is 12.1 Å². The van der Waals surface area contributed by atoms with Crippen molar-refractivity contribution in [2.45, 2.75) is 6.92 Å². The maximum atomic E-state index is 5.68. The maximum absolute atomic E-state index is 5.68. The average Bonchev–Trinajstić information content (AvgIpc) is 2.45. The van der Waals surface area contributed by atoms with Crippen LogP contribution in [0.2, 0.25) is 0 Å². The Bertz CT molecular complexity index is 569. The van der Waals surface area contributed by atoms with E-state index in [-0.39, 0.29) is 0 Å². The van der Waals surface area contributed by atoms with Gasteiger partial charge in [0.15, 0.2) is 11.5 Å². The SMILES string of the molecule is COc1cc(C)ccc1OCCOc1cccc(N)c1. The molecule has 0 atom stereocenters. The highest BCUT2D eigenvalue weighted by atomic mass is 16.5. The van der Waals surface area contributed by atoms with Crippen LogP contribution in [0.3, 0.4) is 0 Å². The number of nitrogens with two attached hydrogens (primary N) is 1. The van der Waals surface area contributed by atoms with Gasteiger partial charge in [-0.25, -0.2) is 0 Å². The molecule has 0 spiro atoms. The van der Waals surface area contributed by atoms with Crippen LogP contribution in [0.1, 0.15) is 5.56 Å². The molecule has 2 aromatic carbocycles. The molecular formula is C16H19NO3. The molecule has 2 N–H and O–H groups in total. The van der Waals surface area contributed by atoms with Crippen molar-refractivity contribution in [2.24, 2.45) is 0 Å². The van der Waals surface area contributed by atoms with Crippen molar-refractivity contribution in [3.8, 4) is 17.2 Å². The van der Waals surface area contributed by atoms with Crippen LogP contribution in [0, 0.1) is 6.92 Å². The smallest absolute Gasteiger partial charge is 0.161 e. The monoisotopic (exact) mass is 273 g/mol. The van der Waals surface area contributed by atoms with E-state index in [1.54, 1.807) is 13.2 Å². The van der Waals surface area contributed by atoms with E-state index in [9.17, 15) is 0 Å². The summed E-state index contributed by atoms with van der Waals surface area (Å²) >= 11 is 0. The molecule has 0 fully saturated rings. The van der Waals surface area contributed by atoms with Crippen LogP contribution < -0.4 is 19.9 Å². The molecular weight excluding hydrogens is 254 g/mol. The van der Waals surface area contributed by atoms with Gasteiger partial charge in [0, 0.05) is 11.8 Å². The molecule has 106 valence electrons. The number of anilines is 1. The second-order valence-corrected chi connectivity index (χ2v) is 4.42. The molecule has 0 amide bonds. The lowest BCUT2D eigenvalue weighted by Crippen LogP contribution is -2.09. The zero-order valence-corrected chi connectivity index (χ0v) is 11.8. The standard InChI is InChI=1S/C16H19NO3/c1-12-6-7-15(16(10-12)18-2)20-9-8-19-14-5-3-4-13(17)11-14/h3-7,10-11H,8-9,17H2,1-2H3. The minimum absolute atomic E-state index is 0.439. The summed E-state index contributed by atoms with van der Waals surface area (Å²) < 4.78 is 16.5. The predicted octanol–water partition coefficient (Wildman–Crippen LogP) is 3.04. The summed E-state index contributed by atoms with van der Waals surface area (Å²) in [5, 5.41) is 0. The highest BCUT2D eigenvalue weighted by Crippen LogP contribution is 2.27. The second kappa shape index (κ2) is 6.70. The molecule has 0 unspecified atom stereocenters. The highest BCUT2D eigenvalue weighted by molar-refractivity contribution is 5.44. The van der Waals surface area contributed by atoms with Crippen molar-refractivity contribution in [1.29, 1.82) is 0 Å². The van der Waals surface area contributed by atoms with Gasteiger partial charge in [0.25, 0.3) is 0 Å². The van der Waals surface area contributed by atoms with Crippen molar-refractivity contribution in [1.82, 2.24) is 0 Å². The van der Waals surface area contributed by atoms with Crippen molar-refractivity contribution in [3.63, 3.8) is 0 Å². The number of rotatable bonds is 6. The van der Waals surface area contributed by atoms with E-state index in [1.165, 1.54) is 0 Å². The molecule has 0 aliphatic rings. The first-order valence-electron chi connectivity index (χ1n) is 6.45. The third kappa shape index (κ3) is 3.82. The molecule has 2 rings (SSSR count). The summed E-state index contributed by atoms with van der Waals surface area (Å²) in [4.78, 5) is 0.